The Bertz CT molecular complexity index is 972. The van der Waals surface area contributed by atoms with Gasteiger partial charge in [0.05, 0.1) is 5.54 Å². The van der Waals surface area contributed by atoms with E-state index in [9.17, 15) is 29.0 Å². The number of halogens is 5. The smallest absolute Gasteiger partial charge is 0.310 e. The van der Waals surface area contributed by atoms with Crippen LogP contribution in [0.25, 0.3) is 0 Å². The summed E-state index contributed by atoms with van der Waals surface area (Å²) in [6, 6.07) is 3.41. The molecule has 1 aromatic heterocycles. The maximum absolute atomic E-state index is 12.9. The van der Waals surface area contributed by atoms with Crippen LogP contribution in [0.5, 0.6) is 0 Å². The third kappa shape index (κ3) is 4.70. The topological polar surface area (TPSA) is 74.8 Å². The fourth-order valence-electron chi connectivity index (χ4n) is 2.60. The monoisotopic (exact) mass is 425 g/mol. The Morgan fingerprint density at radius 1 is 1.14 bits per heavy atom. The zero-order valence-corrected chi connectivity index (χ0v) is 16.3. The van der Waals surface area contributed by atoms with Crippen LogP contribution < -0.4 is 10.9 Å². The van der Waals surface area contributed by atoms with Crippen molar-refractivity contribution in [2.45, 2.75) is 38.1 Å². The molecular weight excluding hydrogens is 405 g/mol. The van der Waals surface area contributed by atoms with Crippen LogP contribution in [-0.2, 0) is 5.54 Å². The van der Waals surface area contributed by atoms with Gasteiger partial charge in [-0.15, -0.1) is 0 Å². The molecule has 2 N–H and O–H groups in total. The molecule has 0 unspecified atom stereocenters. The Kier molecular flexibility index (Phi) is 4.71. The van der Waals surface area contributed by atoms with Gasteiger partial charge in [0.1, 0.15) is 16.4 Å². The maximum Gasteiger partial charge on any atom is 0.310 e. The van der Waals surface area contributed by atoms with Gasteiger partial charge in [0.15, 0.2) is 0 Å². The summed E-state index contributed by atoms with van der Waals surface area (Å²) in [6.45, 7) is 6.44. The number of carbonyl (C=O) groups excluding carboxylic acids is 1. The van der Waals surface area contributed by atoms with E-state index < -0.39 is 32.1 Å². The van der Waals surface area contributed by atoms with Crippen molar-refractivity contribution >= 4 is 16.1 Å². The average molecular weight is 425 g/mol. The van der Waals surface area contributed by atoms with Crippen molar-refractivity contribution in [3.05, 3.63) is 57.8 Å². The highest BCUT2D eigenvalue weighted by Crippen LogP contribution is 3.02. The number of H-pyrrole nitrogens is 1. The summed E-state index contributed by atoms with van der Waals surface area (Å²) >= 11 is 0. The second-order valence-electron chi connectivity index (χ2n) is 7.02. The summed E-state index contributed by atoms with van der Waals surface area (Å²) in [5.41, 5.74) is -1.71. The number of amides is 1. The van der Waals surface area contributed by atoms with E-state index in [1.807, 2.05) is 0 Å². The van der Waals surface area contributed by atoms with Crippen LogP contribution in [0.1, 0.15) is 42.6 Å². The number of aromatic amines is 1. The van der Waals surface area contributed by atoms with Crippen molar-refractivity contribution < 1.29 is 24.2 Å². The molecule has 0 aliphatic rings. The first-order chi connectivity index (χ1) is 12.4. The number of benzene rings is 1. The normalized spacial score (nSPS) is 16.8. The molecule has 2 rings (SSSR count). The van der Waals surface area contributed by atoms with Gasteiger partial charge in [-0.05, 0) is 37.5 Å². The lowest BCUT2D eigenvalue weighted by atomic mass is 9.81. The molecule has 0 aliphatic carbocycles. The van der Waals surface area contributed by atoms with Crippen LogP contribution in [0.4, 0.5) is 19.4 Å². The molecule has 1 heterocycles. The zero-order valence-electron chi connectivity index (χ0n) is 15.5. The molecule has 28 heavy (non-hydrogen) atoms. The first-order valence-corrected chi connectivity index (χ1v) is 10.1. The Labute approximate surface area is 158 Å². The zero-order chi connectivity index (χ0) is 21.6. The van der Waals surface area contributed by atoms with E-state index in [0.29, 0.717) is 12.1 Å². The van der Waals surface area contributed by atoms with Crippen LogP contribution in [0.15, 0.2) is 40.0 Å². The first kappa shape index (κ1) is 21.9. The molecule has 156 valence electrons. The second-order valence-corrected chi connectivity index (χ2v) is 9.43. The van der Waals surface area contributed by atoms with Gasteiger partial charge < -0.3 is 10.3 Å². The summed E-state index contributed by atoms with van der Waals surface area (Å²) in [7, 11) is -9.79. The number of hydrogen-bond donors (Lipinski definition) is 2. The van der Waals surface area contributed by atoms with Crippen LogP contribution in [0.2, 0.25) is 0 Å². The lowest BCUT2D eigenvalue weighted by Gasteiger charge is -2.41. The number of nitrogens with one attached hydrogen (secondary N) is 2. The molecule has 0 saturated heterocycles. The quantitative estimate of drug-likeness (QED) is 0.660. The summed E-state index contributed by atoms with van der Waals surface area (Å²) in [5.74, 6) is -0.836. The Morgan fingerprint density at radius 2 is 1.68 bits per heavy atom. The lowest BCUT2D eigenvalue weighted by Crippen LogP contribution is -2.47. The van der Waals surface area contributed by atoms with Gasteiger partial charge in [0.2, 0.25) is 0 Å². The van der Waals surface area contributed by atoms with Crippen LogP contribution in [0, 0.1) is 12.8 Å². The fraction of sp³-hybridized carbons (Fsp3) is 0.353. The average Bonchev–Trinajstić information content (AvgIpc) is 2.51. The van der Waals surface area contributed by atoms with Crippen molar-refractivity contribution in [3.8, 4) is 0 Å². The predicted molar refractivity (Wildman–Crippen MR) is 97.1 cm³/mol. The van der Waals surface area contributed by atoms with Gasteiger partial charge in [0.25, 0.3) is 11.5 Å². The molecule has 1 atom stereocenters. The molecule has 0 aliphatic heterocycles. The number of nitrogens with zero attached hydrogens (tertiary/aromatic N) is 1. The minimum Gasteiger partial charge on any atom is -0.341 e. The maximum atomic E-state index is 12.9. The fourth-order valence-corrected chi connectivity index (χ4v) is 3.25. The van der Waals surface area contributed by atoms with Crippen molar-refractivity contribution in [1.82, 2.24) is 15.3 Å². The molecule has 1 amide bonds. The molecule has 0 fully saturated rings. The number of rotatable bonds is 5. The molecule has 0 saturated carbocycles. The highest BCUT2D eigenvalue weighted by Gasteiger charge is 2.65. The van der Waals surface area contributed by atoms with Crippen molar-refractivity contribution in [3.63, 3.8) is 0 Å². The minimum atomic E-state index is -9.79. The molecule has 5 nitrogen and oxygen atoms in total. The second kappa shape index (κ2) is 6.03. The van der Waals surface area contributed by atoms with Crippen LogP contribution in [-0.4, -0.2) is 15.9 Å². The molecule has 11 heteroatoms. The molecule has 0 radical (unpaired) electrons. The number of hydrogen-bond acceptors (Lipinski definition) is 3. The predicted octanol–water partition coefficient (Wildman–Crippen LogP) is 5.04. The SMILES string of the molecule is Cc1nc(C(=O)N[C@](C)(c2ccc(S(F)(F)(F)(F)F)cc2)C(C)C)cc(=O)[nH]1. The third-order valence-electron chi connectivity index (χ3n) is 4.52. The molecular formula is C17H20F5N3O2S. The Balaban J connectivity index is 2.44. The molecule has 1 aromatic carbocycles. The van der Waals surface area contributed by atoms with Crippen molar-refractivity contribution in [2.75, 3.05) is 0 Å². The van der Waals surface area contributed by atoms with E-state index in [-0.39, 0.29) is 23.0 Å². The minimum absolute atomic E-state index is 0.170. The van der Waals surface area contributed by atoms with Gasteiger partial charge >= 0.3 is 10.2 Å². The van der Waals surface area contributed by atoms with Gasteiger partial charge in [-0.1, -0.05) is 45.4 Å². The van der Waals surface area contributed by atoms with Gasteiger partial charge in [-0.2, -0.15) is 0 Å². The van der Waals surface area contributed by atoms with E-state index in [0.717, 1.165) is 18.2 Å². The summed E-state index contributed by atoms with van der Waals surface area (Å²) < 4.78 is 64.7. The van der Waals surface area contributed by atoms with E-state index in [4.69, 9.17) is 0 Å². The van der Waals surface area contributed by atoms with E-state index in [2.05, 4.69) is 15.3 Å². The molecule has 0 spiro atoms. The number of aromatic nitrogens is 2. The molecule has 0 bridgehead atoms. The van der Waals surface area contributed by atoms with Crippen molar-refractivity contribution in [1.29, 1.82) is 0 Å². The Morgan fingerprint density at radius 3 is 2.11 bits per heavy atom. The summed E-state index contributed by atoms with van der Waals surface area (Å²) in [5, 5.41) is 2.64. The standard InChI is InChI=1S/C17H20F5N3O2S/c1-10(2)17(4,25-16(27)14-9-15(26)24-11(3)23-14)12-5-7-13(8-6-12)28(18,19,20,21)22/h5-10H,1-4H3,(H,25,27)(H,23,24,26)/t17-/m0/s1. The summed E-state index contributed by atoms with van der Waals surface area (Å²) in [6.07, 6.45) is 0. The Hall–Kier alpha value is -2.43. The van der Waals surface area contributed by atoms with Crippen LogP contribution >= 0.6 is 10.2 Å². The first-order valence-electron chi connectivity index (χ1n) is 8.17. The van der Waals surface area contributed by atoms with Gasteiger partial charge in [-0.25, -0.2) is 4.98 Å². The number of carbonyl (C=O) groups is 1. The third-order valence-corrected chi connectivity index (χ3v) is 5.68. The highest BCUT2D eigenvalue weighted by atomic mass is 32.5. The highest BCUT2D eigenvalue weighted by molar-refractivity contribution is 8.45. The van der Waals surface area contributed by atoms with E-state index >= 15 is 0 Å². The number of aryl methyl sites for hydroxylation is 1. The van der Waals surface area contributed by atoms with Gasteiger partial charge in [-0.3, -0.25) is 9.59 Å². The summed E-state index contributed by atoms with van der Waals surface area (Å²) in [4.78, 5) is 28.4. The van der Waals surface area contributed by atoms with E-state index in [1.165, 1.54) is 6.92 Å². The van der Waals surface area contributed by atoms with Crippen molar-refractivity contribution in [2.24, 2.45) is 5.92 Å². The van der Waals surface area contributed by atoms with Crippen LogP contribution in [0.3, 0.4) is 0 Å². The van der Waals surface area contributed by atoms with Gasteiger partial charge in [0, 0.05) is 6.07 Å². The molecule has 2 aromatic rings. The largest absolute Gasteiger partial charge is 0.341 e. The van der Waals surface area contributed by atoms with E-state index in [1.54, 1.807) is 20.8 Å². The lowest BCUT2D eigenvalue weighted by molar-refractivity contribution is 0.0870.